The first kappa shape index (κ1) is 20.7. The van der Waals surface area contributed by atoms with E-state index in [2.05, 4.69) is 10.1 Å². The van der Waals surface area contributed by atoms with Gasteiger partial charge in [-0.25, -0.2) is 0 Å². The van der Waals surface area contributed by atoms with Crippen LogP contribution >= 0.6 is 0 Å². The lowest BCUT2D eigenvalue weighted by Crippen LogP contribution is -2.29. The number of alkyl halides is 3. The van der Waals surface area contributed by atoms with Crippen LogP contribution in [0.25, 0.3) is 16.9 Å². The number of hydrogen-bond acceptors (Lipinski definition) is 5. The normalized spacial score (nSPS) is 18.2. The van der Waals surface area contributed by atoms with Gasteiger partial charge >= 0.3 is 6.18 Å². The third-order valence-electron chi connectivity index (χ3n) is 6.13. The minimum atomic E-state index is -4.66. The van der Waals surface area contributed by atoms with Crippen molar-refractivity contribution in [2.75, 3.05) is 18.0 Å². The van der Waals surface area contributed by atoms with Crippen LogP contribution in [0.3, 0.4) is 0 Å². The van der Waals surface area contributed by atoms with E-state index in [1.807, 2.05) is 4.90 Å². The molecule has 5 rings (SSSR count). The fourth-order valence-electron chi connectivity index (χ4n) is 4.58. The average Bonchev–Trinajstić information content (AvgIpc) is 3.43. The molecule has 1 aliphatic heterocycles. The van der Waals surface area contributed by atoms with Gasteiger partial charge in [-0.05, 0) is 61.6 Å². The molecule has 6 nitrogen and oxygen atoms in total. The van der Waals surface area contributed by atoms with Crippen molar-refractivity contribution < 1.29 is 18.3 Å². The Kier molecular flexibility index (Phi) is 5.00. The molecule has 32 heavy (non-hydrogen) atoms. The van der Waals surface area contributed by atoms with Crippen LogP contribution in [0, 0.1) is 0 Å². The molecule has 1 atom stereocenters. The number of rotatable bonds is 3. The quantitative estimate of drug-likeness (QED) is 0.674. The predicted octanol–water partition coefficient (Wildman–Crippen LogP) is 3.37. The van der Waals surface area contributed by atoms with Crippen molar-refractivity contribution in [3.05, 3.63) is 69.8 Å². The van der Waals surface area contributed by atoms with Crippen LogP contribution in [0.5, 0.6) is 0 Å². The number of nitrogens with zero attached hydrogens (tertiary/aromatic N) is 4. The molecule has 3 heterocycles. The second kappa shape index (κ2) is 7.74. The molecule has 1 aliphatic carbocycles. The van der Waals surface area contributed by atoms with Crippen LogP contribution < -0.4 is 10.5 Å². The Morgan fingerprint density at radius 3 is 2.62 bits per heavy atom. The van der Waals surface area contributed by atoms with E-state index in [4.69, 9.17) is 0 Å². The number of pyridine rings is 1. The van der Waals surface area contributed by atoms with Gasteiger partial charge in [-0.15, -0.1) is 0 Å². The predicted molar refractivity (Wildman–Crippen MR) is 113 cm³/mol. The molecule has 0 spiro atoms. The van der Waals surface area contributed by atoms with Crippen molar-refractivity contribution >= 4 is 5.69 Å². The topological polar surface area (TPSA) is 71.2 Å². The van der Waals surface area contributed by atoms with Crippen LogP contribution in [0.15, 0.2) is 47.5 Å². The average molecular weight is 442 g/mol. The molecule has 0 radical (unpaired) electrons. The number of aliphatic hydroxyl groups is 1. The highest BCUT2D eigenvalue weighted by atomic mass is 19.4. The molecule has 1 saturated heterocycles. The summed E-state index contributed by atoms with van der Waals surface area (Å²) in [5, 5.41) is 14.3. The van der Waals surface area contributed by atoms with E-state index in [9.17, 15) is 23.1 Å². The number of benzene rings is 1. The Morgan fingerprint density at radius 1 is 1.12 bits per heavy atom. The zero-order valence-electron chi connectivity index (χ0n) is 17.1. The summed E-state index contributed by atoms with van der Waals surface area (Å²) in [4.78, 5) is 19.2. The summed E-state index contributed by atoms with van der Waals surface area (Å²) in [6.45, 7) is 0.859. The van der Waals surface area contributed by atoms with Crippen molar-refractivity contribution in [3.63, 3.8) is 0 Å². The SMILES string of the molecule is O=c1c2c(c(-c3cccnc3)nn1-c1cc(N3CC[C@H](O)C3)ccc1C(F)(F)F)CCC2. The first-order valence-corrected chi connectivity index (χ1v) is 10.5. The largest absolute Gasteiger partial charge is 0.418 e. The number of fused-ring (bicyclic) bond motifs is 1. The van der Waals surface area contributed by atoms with Crippen molar-refractivity contribution in [1.29, 1.82) is 0 Å². The van der Waals surface area contributed by atoms with Crippen molar-refractivity contribution in [2.24, 2.45) is 0 Å². The van der Waals surface area contributed by atoms with E-state index in [1.165, 1.54) is 12.1 Å². The zero-order valence-corrected chi connectivity index (χ0v) is 17.1. The molecule has 2 aromatic heterocycles. The van der Waals surface area contributed by atoms with Gasteiger partial charge in [0, 0.05) is 42.3 Å². The number of halogens is 3. The Bertz CT molecular complexity index is 1220. The fourth-order valence-corrected chi connectivity index (χ4v) is 4.58. The first-order valence-electron chi connectivity index (χ1n) is 10.5. The summed E-state index contributed by atoms with van der Waals surface area (Å²) in [7, 11) is 0. The molecular formula is C23H21F3N4O2. The summed E-state index contributed by atoms with van der Waals surface area (Å²) in [6.07, 6.45) is 0.466. The molecule has 0 saturated carbocycles. The van der Waals surface area contributed by atoms with Crippen LogP contribution in [0.2, 0.25) is 0 Å². The lowest BCUT2D eigenvalue weighted by atomic mass is 10.1. The molecular weight excluding hydrogens is 421 g/mol. The fraction of sp³-hybridized carbons (Fsp3) is 0.348. The lowest BCUT2D eigenvalue weighted by molar-refractivity contribution is -0.137. The van der Waals surface area contributed by atoms with E-state index >= 15 is 0 Å². The first-order chi connectivity index (χ1) is 15.3. The highest BCUT2D eigenvalue weighted by Gasteiger charge is 2.36. The van der Waals surface area contributed by atoms with Crippen LogP contribution in [0.4, 0.5) is 18.9 Å². The number of β-amino-alcohol motifs (C(OH)–C–C–N with tert-alkyl or cyclic N) is 1. The zero-order chi connectivity index (χ0) is 22.5. The summed E-state index contributed by atoms with van der Waals surface area (Å²) < 4.78 is 42.7. The maximum absolute atomic E-state index is 13.9. The molecule has 3 aromatic rings. The van der Waals surface area contributed by atoms with Gasteiger partial charge in [0.2, 0.25) is 0 Å². The Morgan fingerprint density at radius 2 is 1.94 bits per heavy atom. The Hall–Kier alpha value is -3.20. The minimum absolute atomic E-state index is 0.304. The van der Waals surface area contributed by atoms with Crippen LogP contribution in [-0.4, -0.2) is 39.1 Å². The minimum Gasteiger partial charge on any atom is -0.391 e. The lowest BCUT2D eigenvalue weighted by Gasteiger charge is -2.22. The molecule has 0 bridgehead atoms. The van der Waals surface area contributed by atoms with E-state index in [-0.39, 0.29) is 5.69 Å². The van der Waals surface area contributed by atoms with Crippen molar-refractivity contribution in [1.82, 2.24) is 14.8 Å². The van der Waals surface area contributed by atoms with Gasteiger partial charge in [0.25, 0.3) is 5.56 Å². The number of aromatic nitrogens is 3. The number of anilines is 1. The van der Waals surface area contributed by atoms with Crippen molar-refractivity contribution in [3.8, 4) is 16.9 Å². The summed E-state index contributed by atoms with van der Waals surface area (Å²) in [5.41, 5.74) is 1.20. The highest BCUT2D eigenvalue weighted by Crippen LogP contribution is 2.37. The number of hydrogen-bond donors (Lipinski definition) is 1. The highest BCUT2D eigenvalue weighted by molar-refractivity contribution is 5.65. The Labute approximate surface area is 182 Å². The molecule has 166 valence electrons. The second-order valence-corrected chi connectivity index (χ2v) is 8.21. The van der Waals surface area contributed by atoms with Crippen molar-refractivity contribution in [2.45, 2.75) is 38.0 Å². The maximum Gasteiger partial charge on any atom is 0.418 e. The summed E-state index contributed by atoms with van der Waals surface area (Å²) in [5.74, 6) is 0. The van der Waals surface area contributed by atoms with Gasteiger partial charge in [-0.3, -0.25) is 9.78 Å². The number of aliphatic hydroxyl groups excluding tert-OH is 1. The van der Waals surface area contributed by atoms with Crippen LogP contribution in [0.1, 0.15) is 29.5 Å². The monoisotopic (exact) mass is 442 g/mol. The van der Waals surface area contributed by atoms with Gasteiger partial charge in [0.05, 0.1) is 23.0 Å². The standard InChI is InChI=1S/C23H21F3N4O2/c24-23(25,26)19-7-6-15(29-10-8-16(31)13-29)11-20(19)30-22(32)18-5-1-4-17(18)21(28-30)14-3-2-9-27-12-14/h2-3,6-7,9,11-12,16,31H,1,4-5,8,10,13H2/t16-/m0/s1. The Balaban J connectivity index is 1.74. The van der Waals surface area contributed by atoms with Crippen LogP contribution in [-0.2, 0) is 19.0 Å². The summed E-state index contributed by atoms with van der Waals surface area (Å²) in [6, 6.07) is 7.23. The second-order valence-electron chi connectivity index (χ2n) is 8.21. The molecule has 0 amide bonds. The molecule has 2 aliphatic rings. The smallest absolute Gasteiger partial charge is 0.391 e. The van der Waals surface area contributed by atoms with Gasteiger partial charge < -0.3 is 10.0 Å². The van der Waals surface area contributed by atoms with E-state index in [0.717, 1.165) is 22.7 Å². The molecule has 0 unspecified atom stereocenters. The molecule has 9 heteroatoms. The van der Waals surface area contributed by atoms with Gasteiger partial charge in [0.1, 0.15) is 0 Å². The van der Waals surface area contributed by atoms with E-state index < -0.39 is 23.4 Å². The van der Waals surface area contributed by atoms with Gasteiger partial charge in [0.15, 0.2) is 0 Å². The molecule has 1 aromatic carbocycles. The molecule has 1 N–H and O–H groups in total. The van der Waals surface area contributed by atoms with E-state index in [1.54, 1.807) is 24.5 Å². The maximum atomic E-state index is 13.9. The summed E-state index contributed by atoms with van der Waals surface area (Å²) >= 11 is 0. The molecule has 1 fully saturated rings. The third-order valence-corrected chi connectivity index (χ3v) is 6.13. The van der Waals surface area contributed by atoms with Gasteiger partial charge in [-0.2, -0.15) is 23.0 Å². The van der Waals surface area contributed by atoms with E-state index in [0.29, 0.717) is 54.9 Å². The third kappa shape index (κ3) is 3.56. The van der Waals surface area contributed by atoms with Gasteiger partial charge in [-0.1, -0.05) is 0 Å².